The molecule has 0 aromatic carbocycles. The van der Waals surface area contributed by atoms with E-state index in [2.05, 4.69) is 37.9 Å². The van der Waals surface area contributed by atoms with E-state index in [1.54, 1.807) is 7.05 Å². The van der Waals surface area contributed by atoms with Crippen LogP contribution in [0.3, 0.4) is 0 Å². The zero-order chi connectivity index (χ0) is 13.2. The molecule has 0 bridgehead atoms. The van der Waals surface area contributed by atoms with E-state index in [4.69, 9.17) is 0 Å². The largest absolute Gasteiger partial charge is 0.372 e. The summed E-state index contributed by atoms with van der Waals surface area (Å²) in [6.07, 6.45) is 1.18. The Hall–Kier alpha value is -0.440. The van der Waals surface area contributed by atoms with Crippen molar-refractivity contribution in [3.8, 4) is 0 Å². The molecule has 1 aromatic heterocycles. The lowest BCUT2D eigenvalue weighted by atomic mass is 10.1. The smallest absolute Gasteiger partial charge is 0.154 e. The normalized spacial score (nSPS) is 11.9. The summed E-state index contributed by atoms with van der Waals surface area (Å²) in [5.74, 6) is 1.14. The Kier molecular flexibility index (Phi) is 4.70. The predicted octanol–water partition coefficient (Wildman–Crippen LogP) is 1.79. The quantitative estimate of drug-likeness (QED) is 0.820. The molecule has 0 aliphatic carbocycles. The van der Waals surface area contributed by atoms with Crippen molar-refractivity contribution < 1.29 is 8.42 Å². The van der Waals surface area contributed by atoms with Crippen LogP contribution in [0.1, 0.15) is 31.3 Å². The minimum atomic E-state index is -3.11. The van der Waals surface area contributed by atoms with Crippen LogP contribution in [0.2, 0.25) is 0 Å². The van der Waals surface area contributed by atoms with Gasteiger partial charge in [0.05, 0.1) is 9.26 Å². The van der Waals surface area contributed by atoms with Gasteiger partial charge in [0.25, 0.3) is 0 Å². The summed E-state index contributed by atoms with van der Waals surface area (Å²) in [7, 11) is -1.35. The monoisotopic (exact) mass is 369 g/mol. The highest BCUT2D eigenvalue weighted by Crippen LogP contribution is 2.25. The highest BCUT2D eigenvalue weighted by atomic mass is 127. The number of hydrogen-bond acceptors (Lipinski definition) is 5. The highest BCUT2D eigenvalue weighted by molar-refractivity contribution is 14.1. The van der Waals surface area contributed by atoms with Crippen LogP contribution < -0.4 is 5.32 Å². The lowest BCUT2D eigenvalue weighted by Crippen LogP contribution is -2.12. The summed E-state index contributed by atoms with van der Waals surface area (Å²) < 4.78 is 23.5. The average Bonchev–Trinajstić information content (AvgIpc) is 2.17. The Labute approximate surface area is 115 Å². The fourth-order valence-corrected chi connectivity index (χ4v) is 3.09. The molecule has 0 saturated heterocycles. The Bertz CT molecular complexity index is 515. The predicted molar refractivity (Wildman–Crippen MR) is 76.9 cm³/mol. The lowest BCUT2D eigenvalue weighted by Gasteiger charge is -2.13. The van der Waals surface area contributed by atoms with Crippen molar-refractivity contribution in [3.05, 3.63) is 15.1 Å². The molecule has 1 heterocycles. The van der Waals surface area contributed by atoms with Gasteiger partial charge in [-0.05, 0) is 28.5 Å². The third-order valence-corrected chi connectivity index (χ3v) is 3.94. The number of sulfone groups is 1. The molecule has 5 nitrogen and oxygen atoms in total. The maximum atomic E-state index is 11.3. The SMILES string of the molecule is CNc1nc(CS(C)(=O)=O)nc(C(C)C)c1I. The van der Waals surface area contributed by atoms with E-state index in [-0.39, 0.29) is 11.7 Å². The van der Waals surface area contributed by atoms with E-state index in [1.165, 1.54) is 6.26 Å². The summed E-state index contributed by atoms with van der Waals surface area (Å²) in [4.78, 5) is 8.54. The lowest BCUT2D eigenvalue weighted by molar-refractivity contribution is 0.599. The van der Waals surface area contributed by atoms with Gasteiger partial charge < -0.3 is 5.32 Å². The minimum absolute atomic E-state index is 0.127. The molecule has 0 radical (unpaired) electrons. The Morgan fingerprint density at radius 3 is 2.35 bits per heavy atom. The molecule has 1 N–H and O–H groups in total. The second-order valence-electron chi connectivity index (χ2n) is 4.16. The van der Waals surface area contributed by atoms with Crippen LogP contribution in [0, 0.1) is 3.57 Å². The van der Waals surface area contributed by atoms with Crippen LogP contribution in [0.5, 0.6) is 0 Å². The zero-order valence-corrected chi connectivity index (χ0v) is 13.3. The minimum Gasteiger partial charge on any atom is -0.372 e. The number of aromatic nitrogens is 2. The van der Waals surface area contributed by atoms with E-state index >= 15 is 0 Å². The Balaban J connectivity index is 3.30. The van der Waals surface area contributed by atoms with Gasteiger partial charge in [0.1, 0.15) is 17.4 Å². The molecule has 0 atom stereocenters. The van der Waals surface area contributed by atoms with Gasteiger partial charge in [0, 0.05) is 13.3 Å². The molecule has 0 saturated carbocycles. The summed E-state index contributed by atoms with van der Waals surface area (Å²) in [5.41, 5.74) is 0.878. The second kappa shape index (κ2) is 5.47. The molecule has 1 rings (SSSR count). The topological polar surface area (TPSA) is 72.0 Å². The number of nitrogens with one attached hydrogen (secondary N) is 1. The van der Waals surface area contributed by atoms with E-state index in [0.29, 0.717) is 11.6 Å². The highest BCUT2D eigenvalue weighted by Gasteiger charge is 2.16. The molecule has 0 spiro atoms. The van der Waals surface area contributed by atoms with Crippen molar-refractivity contribution in [1.29, 1.82) is 0 Å². The summed E-state index contributed by atoms with van der Waals surface area (Å²) >= 11 is 2.17. The number of hydrogen-bond donors (Lipinski definition) is 1. The van der Waals surface area contributed by atoms with E-state index in [0.717, 1.165) is 9.26 Å². The Morgan fingerprint density at radius 1 is 1.35 bits per heavy atom. The molecular weight excluding hydrogens is 353 g/mol. The van der Waals surface area contributed by atoms with Crippen molar-refractivity contribution in [2.75, 3.05) is 18.6 Å². The molecule has 0 aliphatic heterocycles. The van der Waals surface area contributed by atoms with Crippen molar-refractivity contribution in [2.45, 2.75) is 25.5 Å². The summed E-state index contributed by atoms with van der Waals surface area (Å²) in [6, 6.07) is 0. The molecule has 0 amide bonds. The second-order valence-corrected chi connectivity index (χ2v) is 7.38. The van der Waals surface area contributed by atoms with Gasteiger partial charge in [-0.1, -0.05) is 13.8 Å². The van der Waals surface area contributed by atoms with Gasteiger partial charge in [-0.25, -0.2) is 18.4 Å². The van der Waals surface area contributed by atoms with Crippen molar-refractivity contribution >= 4 is 38.2 Å². The van der Waals surface area contributed by atoms with Crippen LogP contribution >= 0.6 is 22.6 Å². The Morgan fingerprint density at radius 2 is 1.94 bits per heavy atom. The maximum Gasteiger partial charge on any atom is 0.154 e. The van der Waals surface area contributed by atoms with Gasteiger partial charge in [0.2, 0.25) is 0 Å². The van der Waals surface area contributed by atoms with Gasteiger partial charge in [-0.15, -0.1) is 0 Å². The molecular formula is C10H16IN3O2S. The standard InChI is InChI=1S/C10H16IN3O2S/c1-6(2)9-8(11)10(12-3)14-7(13-9)5-17(4,15)16/h6H,5H2,1-4H3,(H,12,13,14). The van der Waals surface area contributed by atoms with Crippen LogP contribution in [-0.2, 0) is 15.6 Å². The van der Waals surface area contributed by atoms with E-state index in [9.17, 15) is 8.42 Å². The van der Waals surface area contributed by atoms with Gasteiger partial charge in [-0.3, -0.25) is 0 Å². The first-order valence-corrected chi connectivity index (χ1v) is 8.30. The van der Waals surface area contributed by atoms with Crippen LogP contribution in [0.4, 0.5) is 5.82 Å². The first-order valence-electron chi connectivity index (χ1n) is 5.16. The zero-order valence-electron chi connectivity index (χ0n) is 10.3. The first kappa shape index (κ1) is 14.6. The molecule has 0 unspecified atom stereocenters. The maximum absolute atomic E-state index is 11.3. The van der Waals surface area contributed by atoms with Crippen molar-refractivity contribution in [2.24, 2.45) is 0 Å². The third-order valence-electron chi connectivity index (χ3n) is 2.10. The van der Waals surface area contributed by atoms with Crippen molar-refractivity contribution in [3.63, 3.8) is 0 Å². The molecule has 1 aromatic rings. The molecule has 0 aliphatic rings. The molecule has 7 heteroatoms. The number of halogens is 1. The van der Waals surface area contributed by atoms with Crippen LogP contribution in [0.15, 0.2) is 0 Å². The van der Waals surface area contributed by atoms with Gasteiger partial charge >= 0.3 is 0 Å². The molecule has 0 fully saturated rings. The van der Waals surface area contributed by atoms with Crippen LogP contribution in [0.25, 0.3) is 0 Å². The number of nitrogens with zero attached hydrogens (tertiary/aromatic N) is 2. The number of anilines is 1. The fourth-order valence-electron chi connectivity index (χ4n) is 1.36. The average molecular weight is 369 g/mol. The van der Waals surface area contributed by atoms with Crippen molar-refractivity contribution in [1.82, 2.24) is 9.97 Å². The van der Waals surface area contributed by atoms with E-state index in [1.807, 2.05) is 13.8 Å². The van der Waals surface area contributed by atoms with E-state index < -0.39 is 9.84 Å². The molecule has 17 heavy (non-hydrogen) atoms. The summed E-state index contributed by atoms with van der Waals surface area (Å²) in [6.45, 7) is 4.04. The van der Waals surface area contributed by atoms with Gasteiger partial charge in [-0.2, -0.15) is 0 Å². The summed E-state index contributed by atoms with van der Waals surface area (Å²) in [5, 5.41) is 2.96. The third kappa shape index (κ3) is 4.06. The number of rotatable bonds is 4. The molecule has 96 valence electrons. The van der Waals surface area contributed by atoms with Gasteiger partial charge in [0.15, 0.2) is 9.84 Å². The van der Waals surface area contributed by atoms with Crippen LogP contribution in [-0.4, -0.2) is 31.7 Å². The first-order chi connectivity index (χ1) is 7.74. The fraction of sp³-hybridized carbons (Fsp3) is 0.600.